The molecule has 0 aliphatic carbocycles. The summed E-state index contributed by atoms with van der Waals surface area (Å²) in [6.45, 7) is 4.27. The van der Waals surface area contributed by atoms with Crippen molar-refractivity contribution in [2.45, 2.75) is 26.0 Å². The highest BCUT2D eigenvalue weighted by atomic mass is 35.5. The van der Waals surface area contributed by atoms with E-state index in [0.29, 0.717) is 11.1 Å². The molecular formula is C20H22ClN3O3. The molecule has 27 heavy (non-hydrogen) atoms. The van der Waals surface area contributed by atoms with Crippen molar-refractivity contribution in [2.75, 3.05) is 24.3 Å². The summed E-state index contributed by atoms with van der Waals surface area (Å²) in [7, 11) is 1.33. The summed E-state index contributed by atoms with van der Waals surface area (Å²) < 4.78 is 4.71. The molecule has 0 bridgehead atoms. The van der Waals surface area contributed by atoms with Crippen LogP contribution in [-0.4, -0.2) is 30.8 Å². The second kappa shape index (κ2) is 8.76. The number of methoxy groups -OCH3 is 1. The fourth-order valence-corrected chi connectivity index (χ4v) is 2.96. The molecule has 0 saturated heterocycles. The molecule has 0 fully saturated rings. The van der Waals surface area contributed by atoms with Crippen LogP contribution < -0.4 is 10.6 Å². The molecule has 2 aromatic rings. The highest BCUT2D eigenvalue weighted by Gasteiger charge is 2.19. The summed E-state index contributed by atoms with van der Waals surface area (Å²) in [4.78, 5) is 13.6. The highest BCUT2D eigenvalue weighted by Crippen LogP contribution is 2.29. The molecule has 6 nitrogen and oxygen atoms in total. The molecule has 1 unspecified atom stereocenters. The zero-order valence-corrected chi connectivity index (χ0v) is 16.2. The Morgan fingerprint density at radius 2 is 1.96 bits per heavy atom. The SMILES string of the molecule is COC(=O)c1ccc(N(CC(O)c2cc(Cl)c(N)c(C#N)c2)C(C)C)cc1. The van der Waals surface area contributed by atoms with Crippen LogP contribution in [0.15, 0.2) is 36.4 Å². The van der Waals surface area contributed by atoms with Crippen LogP contribution in [0, 0.1) is 11.3 Å². The Morgan fingerprint density at radius 3 is 2.48 bits per heavy atom. The van der Waals surface area contributed by atoms with Crippen molar-refractivity contribution in [3.05, 3.63) is 58.1 Å². The number of ether oxygens (including phenoxy) is 1. The number of hydrogen-bond donors (Lipinski definition) is 2. The van der Waals surface area contributed by atoms with Gasteiger partial charge in [0, 0.05) is 18.3 Å². The number of nitrogens with two attached hydrogens (primary N) is 1. The van der Waals surface area contributed by atoms with Crippen LogP contribution in [0.25, 0.3) is 0 Å². The molecule has 0 radical (unpaired) electrons. The zero-order chi connectivity index (χ0) is 20.1. The van der Waals surface area contributed by atoms with Gasteiger partial charge in [-0.3, -0.25) is 0 Å². The van der Waals surface area contributed by atoms with Crippen LogP contribution in [0.3, 0.4) is 0 Å². The fourth-order valence-electron chi connectivity index (χ4n) is 2.74. The van der Waals surface area contributed by atoms with Crippen molar-refractivity contribution in [2.24, 2.45) is 0 Å². The number of rotatable bonds is 6. The third-order valence-corrected chi connectivity index (χ3v) is 4.58. The number of nitrogen functional groups attached to an aromatic ring is 1. The first-order valence-corrected chi connectivity index (χ1v) is 8.78. The number of carbonyl (C=O) groups is 1. The molecule has 142 valence electrons. The van der Waals surface area contributed by atoms with Gasteiger partial charge in [-0.25, -0.2) is 4.79 Å². The zero-order valence-electron chi connectivity index (χ0n) is 15.4. The lowest BCUT2D eigenvalue weighted by atomic mass is 10.0. The molecule has 2 rings (SSSR count). The quantitative estimate of drug-likeness (QED) is 0.581. The monoisotopic (exact) mass is 387 g/mol. The second-order valence-electron chi connectivity index (χ2n) is 6.38. The molecule has 2 aromatic carbocycles. The van der Waals surface area contributed by atoms with Crippen molar-refractivity contribution >= 4 is 28.9 Å². The summed E-state index contributed by atoms with van der Waals surface area (Å²) in [5.74, 6) is -0.404. The predicted molar refractivity (Wildman–Crippen MR) is 106 cm³/mol. The van der Waals surface area contributed by atoms with Gasteiger partial charge >= 0.3 is 5.97 Å². The third-order valence-electron chi connectivity index (χ3n) is 4.27. The molecule has 3 N–H and O–H groups in total. The number of anilines is 2. The molecule has 0 spiro atoms. The summed E-state index contributed by atoms with van der Waals surface area (Å²) in [5.41, 5.74) is 8.02. The Bertz CT molecular complexity index is 860. The Kier molecular flexibility index (Phi) is 6.67. The Labute approximate surface area is 163 Å². The number of nitrogens with zero attached hydrogens (tertiary/aromatic N) is 2. The molecule has 0 heterocycles. The third kappa shape index (κ3) is 4.70. The first kappa shape index (κ1) is 20.6. The summed E-state index contributed by atoms with van der Waals surface area (Å²) in [6.07, 6.45) is -0.877. The largest absolute Gasteiger partial charge is 0.465 e. The van der Waals surface area contributed by atoms with Gasteiger partial charge in [0.15, 0.2) is 0 Å². The number of aliphatic hydroxyl groups excluding tert-OH is 1. The predicted octanol–water partition coefficient (Wildman–Crippen LogP) is 3.53. The smallest absolute Gasteiger partial charge is 0.337 e. The minimum absolute atomic E-state index is 0.0864. The van der Waals surface area contributed by atoms with E-state index in [9.17, 15) is 9.90 Å². The van der Waals surface area contributed by atoms with Gasteiger partial charge in [0.25, 0.3) is 0 Å². The lowest BCUT2D eigenvalue weighted by Crippen LogP contribution is -2.34. The van der Waals surface area contributed by atoms with Gasteiger partial charge in [0.2, 0.25) is 0 Å². The van der Waals surface area contributed by atoms with E-state index in [2.05, 4.69) is 0 Å². The first-order valence-electron chi connectivity index (χ1n) is 8.40. The van der Waals surface area contributed by atoms with E-state index in [-0.39, 0.29) is 28.9 Å². The highest BCUT2D eigenvalue weighted by molar-refractivity contribution is 6.33. The maximum absolute atomic E-state index is 11.6. The van der Waals surface area contributed by atoms with Gasteiger partial charge in [0.1, 0.15) is 6.07 Å². The van der Waals surface area contributed by atoms with Crippen molar-refractivity contribution in [1.82, 2.24) is 0 Å². The van der Waals surface area contributed by atoms with E-state index in [4.69, 9.17) is 27.3 Å². The van der Waals surface area contributed by atoms with Crippen molar-refractivity contribution in [1.29, 1.82) is 5.26 Å². The van der Waals surface area contributed by atoms with Gasteiger partial charge in [-0.1, -0.05) is 11.6 Å². The molecule has 0 aliphatic rings. The second-order valence-corrected chi connectivity index (χ2v) is 6.78. The van der Waals surface area contributed by atoms with E-state index in [1.165, 1.54) is 7.11 Å². The van der Waals surface area contributed by atoms with Crippen molar-refractivity contribution < 1.29 is 14.6 Å². The van der Waals surface area contributed by atoms with Gasteiger partial charge in [0.05, 0.1) is 35.1 Å². The molecule has 0 aliphatic heterocycles. The van der Waals surface area contributed by atoms with Crippen LogP contribution in [0.2, 0.25) is 5.02 Å². The number of carbonyl (C=O) groups excluding carboxylic acids is 1. The van der Waals surface area contributed by atoms with E-state index < -0.39 is 12.1 Å². The number of benzene rings is 2. The molecule has 1 atom stereocenters. The van der Waals surface area contributed by atoms with Crippen LogP contribution in [-0.2, 0) is 4.74 Å². The number of nitriles is 1. The van der Waals surface area contributed by atoms with Gasteiger partial charge in [-0.15, -0.1) is 0 Å². The van der Waals surface area contributed by atoms with Crippen LogP contribution in [0.4, 0.5) is 11.4 Å². The summed E-state index contributed by atoms with van der Waals surface area (Å²) >= 11 is 6.07. The minimum Gasteiger partial charge on any atom is -0.465 e. The average Bonchev–Trinajstić information content (AvgIpc) is 2.67. The van der Waals surface area contributed by atoms with Crippen LogP contribution in [0.1, 0.15) is 41.4 Å². The molecular weight excluding hydrogens is 366 g/mol. The van der Waals surface area contributed by atoms with Gasteiger partial charge in [-0.2, -0.15) is 5.26 Å². The van der Waals surface area contributed by atoms with Crippen LogP contribution in [0.5, 0.6) is 0 Å². The summed E-state index contributed by atoms with van der Waals surface area (Å²) in [6, 6.07) is 12.1. The number of hydrogen-bond acceptors (Lipinski definition) is 6. The standard InChI is InChI=1S/C20H22ClN3O3/c1-12(2)24(16-6-4-13(5-7-16)20(26)27-3)11-18(25)14-8-15(10-22)19(23)17(21)9-14/h4-9,12,18,25H,11,23H2,1-3H3. The fraction of sp³-hybridized carbons (Fsp3) is 0.300. The Balaban J connectivity index is 2.27. The van der Waals surface area contributed by atoms with Gasteiger partial charge < -0.3 is 20.5 Å². The van der Waals surface area contributed by atoms with Crippen molar-refractivity contribution in [3.8, 4) is 6.07 Å². The maximum Gasteiger partial charge on any atom is 0.337 e. The lowest BCUT2D eigenvalue weighted by Gasteiger charge is -2.31. The maximum atomic E-state index is 11.6. The van der Waals surface area contributed by atoms with Crippen LogP contribution >= 0.6 is 11.6 Å². The van der Waals surface area contributed by atoms with Crippen molar-refractivity contribution in [3.63, 3.8) is 0 Å². The normalized spacial score (nSPS) is 11.7. The molecule has 0 amide bonds. The number of aliphatic hydroxyl groups is 1. The Morgan fingerprint density at radius 1 is 1.33 bits per heavy atom. The number of esters is 1. The summed E-state index contributed by atoms with van der Waals surface area (Å²) in [5, 5.41) is 20.1. The first-order chi connectivity index (χ1) is 12.8. The van der Waals surface area contributed by atoms with E-state index in [1.807, 2.05) is 24.8 Å². The Hall–Kier alpha value is -2.75. The van der Waals surface area contributed by atoms with E-state index >= 15 is 0 Å². The van der Waals surface area contributed by atoms with E-state index in [0.717, 1.165) is 5.69 Å². The topological polar surface area (TPSA) is 99.6 Å². The molecule has 0 aromatic heterocycles. The lowest BCUT2D eigenvalue weighted by molar-refractivity contribution is 0.0600. The average molecular weight is 388 g/mol. The minimum atomic E-state index is -0.877. The molecule has 7 heteroatoms. The van der Waals surface area contributed by atoms with E-state index in [1.54, 1.807) is 36.4 Å². The number of halogens is 1. The molecule has 0 saturated carbocycles. The van der Waals surface area contributed by atoms with Gasteiger partial charge in [-0.05, 0) is 55.8 Å².